The molecule has 0 unspecified atom stereocenters. The number of halogens is 1. The van der Waals surface area contributed by atoms with Crippen LogP contribution >= 0.6 is 0 Å². The van der Waals surface area contributed by atoms with Crippen molar-refractivity contribution in [3.05, 3.63) is 59.7 Å². The molecule has 0 saturated heterocycles. The van der Waals surface area contributed by atoms with E-state index in [4.69, 9.17) is 10.5 Å². The Morgan fingerprint density at radius 3 is 2.86 bits per heavy atom. The Kier molecular flexibility index (Phi) is 3.58. The smallest absolute Gasteiger partial charge is 0.140 e. The number of hydrogen-bond donors (Lipinski definition) is 1. The lowest BCUT2D eigenvalue weighted by Gasteiger charge is -2.07. The molecule has 0 radical (unpaired) electrons. The van der Waals surface area contributed by atoms with Crippen molar-refractivity contribution in [2.45, 2.75) is 13.1 Å². The summed E-state index contributed by atoms with van der Waals surface area (Å²) in [6, 6.07) is 8.72. The standard InChI is InChI=1S/C16H16FN3O/c1-21-13-5-4-11(15(17)7-13)9-20-10-12(8-18)14-3-2-6-19-16(14)20/h2-7,10H,8-9,18H2,1H3. The Hall–Kier alpha value is -2.40. The first-order chi connectivity index (χ1) is 10.2. The molecule has 1 aromatic carbocycles. The van der Waals surface area contributed by atoms with Crippen LogP contribution in [0.3, 0.4) is 0 Å². The molecule has 4 nitrogen and oxygen atoms in total. The Labute approximate surface area is 122 Å². The molecule has 5 heteroatoms. The number of pyridine rings is 1. The van der Waals surface area contributed by atoms with E-state index >= 15 is 0 Å². The third-order valence-electron chi connectivity index (χ3n) is 3.54. The summed E-state index contributed by atoms with van der Waals surface area (Å²) < 4.78 is 21.0. The summed E-state index contributed by atoms with van der Waals surface area (Å²) >= 11 is 0. The van der Waals surface area contributed by atoms with E-state index in [0.717, 1.165) is 16.6 Å². The summed E-state index contributed by atoms with van der Waals surface area (Å²) in [5, 5.41) is 1.01. The van der Waals surface area contributed by atoms with Gasteiger partial charge in [0.15, 0.2) is 0 Å². The first-order valence-electron chi connectivity index (χ1n) is 6.68. The zero-order valence-electron chi connectivity index (χ0n) is 11.7. The van der Waals surface area contributed by atoms with Crippen LogP contribution in [0.25, 0.3) is 11.0 Å². The second kappa shape index (κ2) is 5.54. The van der Waals surface area contributed by atoms with Gasteiger partial charge in [-0.05, 0) is 23.8 Å². The van der Waals surface area contributed by atoms with Crippen LogP contribution in [0.1, 0.15) is 11.1 Å². The molecule has 3 aromatic rings. The first-order valence-corrected chi connectivity index (χ1v) is 6.68. The highest BCUT2D eigenvalue weighted by atomic mass is 19.1. The predicted octanol–water partition coefficient (Wildman–Crippen LogP) is 2.69. The van der Waals surface area contributed by atoms with E-state index in [1.165, 1.54) is 13.2 Å². The summed E-state index contributed by atoms with van der Waals surface area (Å²) in [4.78, 5) is 4.37. The van der Waals surface area contributed by atoms with E-state index in [9.17, 15) is 4.39 Å². The van der Waals surface area contributed by atoms with E-state index in [2.05, 4.69) is 4.98 Å². The maximum Gasteiger partial charge on any atom is 0.140 e. The second-order valence-electron chi connectivity index (χ2n) is 4.82. The Bertz CT molecular complexity index is 782. The Morgan fingerprint density at radius 1 is 1.29 bits per heavy atom. The fraction of sp³-hybridized carbons (Fsp3) is 0.188. The fourth-order valence-corrected chi connectivity index (χ4v) is 2.45. The van der Waals surface area contributed by atoms with E-state index in [1.54, 1.807) is 18.3 Å². The van der Waals surface area contributed by atoms with Gasteiger partial charge in [-0.1, -0.05) is 6.07 Å². The van der Waals surface area contributed by atoms with Gasteiger partial charge in [-0.2, -0.15) is 0 Å². The van der Waals surface area contributed by atoms with Gasteiger partial charge in [-0.15, -0.1) is 0 Å². The summed E-state index contributed by atoms with van der Waals surface area (Å²) in [5.74, 6) is 0.218. The van der Waals surface area contributed by atoms with Crippen molar-refractivity contribution in [1.29, 1.82) is 0 Å². The zero-order chi connectivity index (χ0) is 14.8. The molecule has 0 spiro atoms. The van der Waals surface area contributed by atoms with Gasteiger partial charge < -0.3 is 15.0 Å². The topological polar surface area (TPSA) is 53.1 Å². The molecule has 0 bridgehead atoms. The molecule has 2 N–H and O–H groups in total. The lowest BCUT2D eigenvalue weighted by Crippen LogP contribution is -2.02. The minimum absolute atomic E-state index is 0.290. The van der Waals surface area contributed by atoms with Crippen LogP contribution in [-0.4, -0.2) is 16.7 Å². The maximum atomic E-state index is 14.1. The van der Waals surface area contributed by atoms with Crippen LogP contribution in [0, 0.1) is 5.82 Å². The average molecular weight is 285 g/mol. The van der Waals surface area contributed by atoms with Crippen molar-refractivity contribution in [3.8, 4) is 5.75 Å². The van der Waals surface area contributed by atoms with Crippen molar-refractivity contribution in [1.82, 2.24) is 9.55 Å². The number of fused-ring (bicyclic) bond motifs is 1. The van der Waals surface area contributed by atoms with Crippen LogP contribution in [0.4, 0.5) is 4.39 Å². The van der Waals surface area contributed by atoms with Crippen molar-refractivity contribution in [3.63, 3.8) is 0 Å². The first kappa shape index (κ1) is 13.6. The number of rotatable bonds is 4. The predicted molar refractivity (Wildman–Crippen MR) is 79.7 cm³/mol. The van der Waals surface area contributed by atoms with Gasteiger partial charge in [-0.3, -0.25) is 0 Å². The minimum Gasteiger partial charge on any atom is -0.497 e. The number of ether oxygens (including phenoxy) is 1. The molecule has 2 aromatic heterocycles. The molecule has 0 fully saturated rings. The lowest BCUT2D eigenvalue weighted by molar-refractivity contribution is 0.410. The number of nitrogens with two attached hydrogens (primary N) is 1. The molecule has 0 aliphatic heterocycles. The molecule has 0 aliphatic rings. The highest BCUT2D eigenvalue weighted by Gasteiger charge is 2.11. The molecule has 108 valence electrons. The molecule has 3 rings (SSSR count). The zero-order valence-corrected chi connectivity index (χ0v) is 11.7. The van der Waals surface area contributed by atoms with E-state index in [1.807, 2.05) is 22.9 Å². The lowest BCUT2D eigenvalue weighted by atomic mass is 10.2. The minimum atomic E-state index is -0.290. The third-order valence-corrected chi connectivity index (χ3v) is 3.54. The number of aromatic nitrogens is 2. The summed E-state index contributed by atoms with van der Waals surface area (Å²) in [6.45, 7) is 0.837. The number of methoxy groups -OCH3 is 1. The highest BCUT2D eigenvalue weighted by molar-refractivity contribution is 5.80. The quantitative estimate of drug-likeness (QED) is 0.802. The van der Waals surface area contributed by atoms with E-state index in [-0.39, 0.29) is 5.82 Å². The van der Waals surface area contributed by atoms with Crippen molar-refractivity contribution >= 4 is 11.0 Å². The van der Waals surface area contributed by atoms with Crippen LogP contribution in [0.5, 0.6) is 5.75 Å². The van der Waals surface area contributed by atoms with Crippen LogP contribution < -0.4 is 10.5 Å². The molecular formula is C16H16FN3O. The molecular weight excluding hydrogens is 269 g/mol. The number of benzene rings is 1. The third kappa shape index (κ3) is 2.48. The van der Waals surface area contributed by atoms with Crippen LogP contribution in [0.15, 0.2) is 42.7 Å². The van der Waals surface area contributed by atoms with Gasteiger partial charge in [0.2, 0.25) is 0 Å². The average Bonchev–Trinajstić information content (AvgIpc) is 2.87. The van der Waals surface area contributed by atoms with Gasteiger partial charge in [0.1, 0.15) is 17.2 Å². The van der Waals surface area contributed by atoms with Crippen molar-refractivity contribution in [2.75, 3.05) is 7.11 Å². The Balaban J connectivity index is 2.02. The van der Waals surface area contributed by atoms with Gasteiger partial charge >= 0.3 is 0 Å². The van der Waals surface area contributed by atoms with Crippen LogP contribution in [-0.2, 0) is 13.1 Å². The largest absolute Gasteiger partial charge is 0.497 e. The van der Waals surface area contributed by atoms with Gasteiger partial charge in [0, 0.05) is 36.0 Å². The Morgan fingerprint density at radius 2 is 2.14 bits per heavy atom. The molecule has 0 saturated carbocycles. The van der Waals surface area contributed by atoms with Gasteiger partial charge in [0.25, 0.3) is 0 Å². The molecule has 0 atom stereocenters. The van der Waals surface area contributed by atoms with Gasteiger partial charge in [-0.25, -0.2) is 9.37 Å². The number of nitrogens with zero attached hydrogens (tertiary/aromatic N) is 2. The number of hydrogen-bond acceptors (Lipinski definition) is 3. The van der Waals surface area contributed by atoms with E-state index < -0.39 is 0 Å². The van der Waals surface area contributed by atoms with Crippen molar-refractivity contribution in [2.24, 2.45) is 5.73 Å². The normalized spacial score (nSPS) is 11.0. The van der Waals surface area contributed by atoms with Crippen LogP contribution in [0.2, 0.25) is 0 Å². The molecule has 21 heavy (non-hydrogen) atoms. The van der Waals surface area contributed by atoms with E-state index in [0.29, 0.717) is 24.4 Å². The molecule has 0 amide bonds. The maximum absolute atomic E-state index is 14.1. The fourth-order valence-electron chi connectivity index (χ4n) is 2.45. The summed E-state index contributed by atoms with van der Waals surface area (Å²) in [7, 11) is 1.52. The molecule has 0 aliphatic carbocycles. The van der Waals surface area contributed by atoms with Gasteiger partial charge in [0.05, 0.1) is 13.7 Å². The monoisotopic (exact) mass is 285 g/mol. The summed E-state index contributed by atoms with van der Waals surface area (Å²) in [5.41, 5.74) is 8.16. The second-order valence-corrected chi connectivity index (χ2v) is 4.82. The SMILES string of the molecule is COc1ccc(Cn2cc(CN)c3cccnc32)c(F)c1. The van der Waals surface area contributed by atoms with Crippen molar-refractivity contribution < 1.29 is 9.13 Å². The highest BCUT2D eigenvalue weighted by Crippen LogP contribution is 2.22. The molecule has 2 heterocycles. The summed E-state index contributed by atoms with van der Waals surface area (Å²) in [6.07, 6.45) is 3.66.